The summed E-state index contributed by atoms with van der Waals surface area (Å²) in [6.45, 7) is 15.1. The number of nitrogens with zero attached hydrogens (tertiary/aromatic N) is 4. The van der Waals surface area contributed by atoms with E-state index in [0.29, 0.717) is 53.9 Å². The largest absolute Gasteiger partial charge is 0.474 e. The molecule has 15 heteroatoms. The average molecular weight is 667 g/mol. The third kappa shape index (κ3) is 13.4. The van der Waals surface area contributed by atoms with E-state index < -0.39 is 18.1 Å². The summed E-state index contributed by atoms with van der Waals surface area (Å²) < 4.78 is 47.7. The van der Waals surface area contributed by atoms with E-state index in [9.17, 15) is 28.0 Å². The maximum atomic E-state index is 11.9. The van der Waals surface area contributed by atoms with Gasteiger partial charge in [-0.25, -0.2) is 4.98 Å². The standard InChI is InChI=1S/C16H14N4O3.C12H23NO2.C2H2F3NO.C2H6/c1-3-12-15-11(8-19-16(12)23-5-4-22-2)7-18-9-13(15)14(6-17)20-10-21;1-9-7-13(8-12(9,3)4)11(14)6-10(2)15-5;3-2(4,5)1(6)7;1-2/h1,7-10,14H,4-5H2,2H3,(H,20,21);9-10H,6-8H2,1-5H3;(H2,6,7);1-2H3/t;9?,10-;;/m.1../s1. The normalized spacial score (nSPS) is 15.9. The first-order valence-electron chi connectivity index (χ1n) is 14.7. The number of nitrogens with one attached hydrogen (secondary N) is 1. The lowest BCUT2D eigenvalue weighted by Crippen LogP contribution is -2.32. The number of rotatable bonds is 10. The quantitative estimate of drug-likeness (QED) is 0.217. The molecule has 3 atom stereocenters. The van der Waals surface area contributed by atoms with Gasteiger partial charge in [0.05, 0.1) is 30.8 Å². The molecule has 260 valence electrons. The minimum Gasteiger partial charge on any atom is -0.474 e. The zero-order valence-electron chi connectivity index (χ0n) is 28.1. The van der Waals surface area contributed by atoms with Crippen LogP contribution in [0, 0.1) is 35.0 Å². The molecule has 3 heterocycles. The topological polar surface area (TPSA) is 170 Å². The number of carbonyl (C=O) groups is 3. The molecule has 0 aliphatic carbocycles. The fourth-order valence-corrected chi connectivity index (χ4v) is 4.07. The fraction of sp³-hybridized carbons (Fsp3) is 0.562. The lowest BCUT2D eigenvalue weighted by molar-refractivity contribution is -0.169. The van der Waals surface area contributed by atoms with Gasteiger partial charge in [0, 0.05) is 62.2 Å². The molecule has 0 radical (unpaired) electrons. The number of nitriles is 1. The summed E-state index contributed by atoms with van der Waals surface area (Å²) in [6.07, 6.45) is 6.37. The maximum Gasteiger partial charge on any atom is 0.470 e. The van der Waals surface area contributed by atoms with E-state index in [2.05, 4.69) is 47.7 Å². The number of hydrogen-bond donors (Lipinski definition) is 2. The fourth-order valence-electron chi connectivity index (χ4n) is 4.07. The minimum atomic E-state index is -4.86. The van der Waals surface area contributed by atoms with Crippen molar-refractivity contribution in [1.82, 2.24) is 20.2 Å². The van der Waals surface area contributed by atoms with Crippen molar-refractivity contribution in [1.29, 1.82) is 5.26 Å². The first-order chi connectivity index (χ1) is 22.1. The van der Waals surface area contributed by atoms with Crippen LogP contribution < -0.4 is 15.8 Å². The van der Waals surface area contributed by atoms with E-state index in [1.807, 2.05) is 31.7 Å². The zero-order chi connectivity index (χ0) is 36.4. The number of halogens is 3. The smallest absolute Gasteiger partial charge is 0.470 e. The van der Waals surface area contributed by atoms with Gasteiger partial charge in [-0.05, 0) is 18.3 Å². The number of alkyl halides is 3. The number of hydrogen-bond acceptors (Lipinski definition) is 9. The van der Waals surface area contributed by atoms with Crippen molar-refractivity contribution in [2.24, 2.45) is 17.1 Å². The number of nitrogens with two attached hydrogens (primary N) is 1. The summed E-state index contributed by atoms with van der Waals surface area (Å²) in [6, 6.07) is 1.13. The molecule has 2 aromatic rings. The highest BCUT2D eigenvalue weighted by Gasteiger charge is 2.38. The molecule has 0 bridgehead atoms. The molecule has 0 saturated carbocycles. The number of terminal acetylenes is 1. The van der Waals surface area contributed by atoms with Crippen LogP contribution in [0.2, 0.25) is 0 Å². The van der Waals surface area contributed by atoms with Crippen LogP contribution in [0.15, 0.2) is 18.6 Å². The average Bonchev–Trinajstić information content (AvgIpc) is 3.32. The predicted molar refractivity (Wildman–Crippen MR) is 170 cm³/mol. The molecule has 3 rings (SSSR count). The third-order valence-electron chi connectivity index (χ3n) is 7.06. The predicted octanol–water partition coefficient (Wildman–Crippen LogP) is 3.92. The second-order valence-corrected chi connectivity index (χ2v) is 10.7. The van der Waals surface area contributed by atoms with E-state index in [1.165, 1.54) is 6.20 Å². The van der Waals surface area contributed by atoms with Gasteiger partial charge in [0.2, 0.25) is 18.2 Å². The van der Waals surface area contributed by atoms with Gasteiger partial charge in [0.25, 0.3) is 0 Å². The van der Waals surface area contributed by atoms with Gasteiger partial charge < -0.3 is 30.2 Å². The summed E-state index contributed by atoms with van der Waals surface area (Å²) in [5, 5.41) is 13.0. The monoisotopic (exact) mass is 666 g/mol. The molecule has 1 aliphatic rings. The Morgan fingerprint density at radius 1 is 1.26 bits per heavy atom. The van der Waals surface area contributed by atoms with Crippen LogP contribution in [0.25, 0.3) is 10.8 Å². The molecule has 2 unspecified atom stereocenters. The highest BCUT2D eigenvalue weighted by molar-refractivity contribution is 5.92. The van der Waals surface area contributed by atoms with E-state index >= 15 is 0 Å². The first-order valence-corrected chi connectivity index (χ1v) is 14.7. The number of pyridine rings is 2. The number of likely N-dealkylation sites (tertiary alicyclic amines) is 1. The van der Waals surface area contributed by atoms with Crippen LogP contribution >= 0.6 is 0 Å². The third-order valence-corrected chi connectivity index (χ3v) is 7.06. The number of primary amides is 1. The van der Waals surface area contributed by atoms with Crippen molar-refractivity contribution >= 4 is 29.0 Å². The first kappa shape index (κ1) is 42.5. The van der Waals surface area contributed by atoms with Crippen molar-refractivity contribution in [3.05, 3.63) is 29.7 Å². The number of methoxy groups -OCH3 is 2. The van der Waals surface area contributed by atoms with Crippen molar-refractivity contribution in [2.45, 2.75) is 66.3 Å². The summed E-state index contributed by atoms with van der Waals surface area (Å²) in [7, 11) is 3.21. The van der Waals surface area contributed by atoms with Gasteiger partial charge in [-0.2, -0.15) is 18.4 Å². The lowest BCUT2D eigenvalue weighted by atomic mass is 9.84. The van der Waals surface area contributed by atoms with Gasteiger partial charge in [-0.1, -0.05) is 40.5 Å². The Morgan fingerprint density at radius 3 is 2.32 bits per heavy atom. The lowest BCUT2D eigenvalue weighted by Gasteiger charge is -2.22. The summed E-state index contributed by atoms with van der Waals surface area (Å²) in [4.78, 5) is 41.9. The number of amides is 3. The highest BCUT2D eigenvalue weighted by Crippen LogP contribution is 2.35. The zero-order valence-corrected chi connectivity index (χ0v) is 28.1. The van der Waals surface area contributed by atoms with E-state index in [-0.39, 0.29) is 23.3 Å². The van der Waals surface area contributed by atoms with Gasteiger partial charge in [-0.15, -0.1) is 6.42 Å². The number of ether oxygens (including phenoxy) is 3. The second kappa shape index (κ2) is 20.6. The molecule has 12 nitrogen and oxygen atoms in total. The van der Waals surface area contributed by atoms with Crippen LogP contribution in [0.1, 0.15) is 65.1 Å². The molecular formula is C32H45F3N6O6. The molecular weight excluding hydrogens is 621 g/mol. The van der Waals surface area contributed by atoms with Gasteiger partial charge in [0.1, 0.15) is 12.6 Å². The molecule has 1 aliphatic heterocycles. The van der Waals surface area contributed by atoms with E-state index in [1.54, 1.807) is 26.6 Å². The molecule has 1 saturated heterocycles. The van der Waals surface area contributed by atoms with Crippen LogP contribution in [0.5, 0.6) is 5.88 Å². The van der Waals surface area contributed by atoms with Crippen molar-refractivity contribution in [2.75, 3.05) is 40.5 Å². The summed E-state index contributed by atoms with van der Waals surface area (Å²) in [5.41, 5.74) is 4.96. The Labute approximate surface area is 274 Å². The van der Waals surface area contributed by atoms with Crippen molar-refractivity contribution in [3.63, 3.8) is 0 Å². The van der Waals surface area contributed by atoms with Crippen LogP contribution in [0.3, 0.4) is 0 Å². The van der Waals surface area contributed by atoms with Gasteiger partial charge >= 0.3 is 12.1 Å². The SMILES string of the molecule is C#Cc1c(OCCOC)ncc2cncc(C(C#N)NC=O)c12.CC.CO[C@H](C)CC(=O)N1CC(C)C(C)(C)C1.NC(=O)C(F)(F)F. The number of aromatic nitrogens is 2. The number of fused-ring (bicyclic) bond motifs is 1. The highest BCUT2D eigenvalue weighted by atomic mass is 19.4. The van der Waals surface area contributed by atoms with Gasteiger partial charge in [0.15, 0.2) is 0 Å². The van der Waals surface area contributed by atoms with Crippen LogP contribution in [-0.4, -0.2) is 85.9 Å². The van der Waals surface area contributed by atoms with Crippen LogP contribution in [-0.2, 0) is 23.9 Å². The molecule has 0 aromatic carbocycles. The Kier molecular flexibility index (Phi) is 18.7. The van der Waals surface area contributed by atoms with E-state index in [0.717, 1.165) is 13.1 Å². The Bertz CT molecular complexity index is 1390. The van der Waals surface area contributed by atoms with Gasteiger partial charge in [-0.3, -0.25) is 19.4 Å². The Balaban J connectivity index is 0.000000755. The number of carbonyl (C=O) groups excluding carboxylic acids is 3. The maximum absolute atomic E-state index is 11.9. The van der Waals surface area contributed by atoms with Crippen LogP contribution in [0.4, 0.5) is 13.2 Å². The Morgan fingerprint density at radius 2 is 1.87 bits per heavy atom. The van der Waals surface area contributed by atoms with E-state index in [4.69, 9.17) is 25.4 Å². The minimum absolute atomic E-state index is 0.0246. The molecule has 0 spiro atoms. The van der Waals surface area contributed by atoms with Crippen molar-refractivity contribution in [3.8, 4) is 24.3 Å². The molecule has 2 aromatic heterocycles. The molecule has 3 amide bonds. The van der Waals surface area contributed by atoms with Crippen molar-refractivity contribution < 1.29 is 41.8 Å². The summed E-state index contributed by atoms with van der Waals surface area (Å²) >= 11 is 0. The Hall–Kier alpha value is -4.47. The summed E-state index contributed by atoms with van der Waals surface area (Å²) in [5.74, 6) is 1.37. The molecule has 1 fully saturated rings. The second-order valence-electron chi connectivity index (χ2n) is 10.7. The molecule has 3 N–H and O–H groups in total. The molecule has 47 heavy (non-hydrogen) atoms.